The lowest BCUT2D eigenvalue weighted by Crippen LogP contribution is -2.10. The van der Waals surface area contributed by atoms with Crippen molar-refractivity contribution in [3.05, 3.63) is 34.6 Å². The quantitative estimate of drug-likeness (QED) is 0.747. The fourth-order valence-electron chi connectivity index (χ4n) is 2.82. The number of Topliss-reactive ketones (excluding diaryl/α,β-unsaturated/α-hetero) is 1. The summed E-state index contributed by atoms with van der Waals surface area (Å²) in [5.41, 5.74) is 0.418. The fraction of sp³-hybridized carbons (Fsp3) is 0.562. The van der Waals surface area contributed by atoms with Crippen molar-refractivity contribution >= 4 is 17.4 Å². The lowest BCUT2D eigenvalue weighted by atomic mass is 9.85. The minimum absolute atomic E-state index is 0.117. The van der Waals surface area contributed by atoms with Gasteiger partial charge >= 0.3 is 0 Å². The molecule has 1 fully saturated rings. The molecule has 1 saturated carbocycles. The topological polar surface area (TPSA) is 17.1 Å². The summed E-state index contributed by atoms with van der Waals surface area (Å²) in [5, 5.41) is 0.483. The average molecular weight is 283 g/mol. The van der Waals surface area contributed by atoms with Crippen molar-refractivity contribution in [2.45, 2.75) is 51.4 Å². The average Bonchev–Trinajstić information content (AvgIpc) is 2.42. The Morgan fingerprint density at radius 2 is 2.00 bits per heavy atom. The Hall–Kier alpha value is -0.890. The van der Waals surface area contributed by atoms with Crippen LogP contribution in [0.15, 0.2) is 18.2 Å². The lowest BCUT2D eigenvalue weighted by molar-refractivity contribution is -0.118. The zero-order valence-corrected chi connectivity index (χ0v) is 11.9. The van der Waals surface area contributed by atoms with Gasteiger partial charge in [-0.2, -0.15) is 0 Å². The van der Waals surface area contributed by atoms with E-state index in [1.165, 1.54) is 44.2 Å². The van der Waals surface area contributed by atoms with Gasteiger partial charge in [0, 0.05) is 17.9 Å². The van der Waals surface area contributed by atoms with E-state index in [2.05, 4.69) is 0 Å². The highest BCUT2D eigenvalue weighted by atomic mass is 35.5. The van der Waals surface area contributed by atoms with Crippen molar-refractivity contribution in [3.63, 3.8) is 0 Å². The van der Waals surface area contributed by atoms with E-state index < -0.39 is 0 Å². The molecule has 0 spiro atoms. The Balaban J connectivity index is 1.81. The second-order valence-corrected chi connectivity index (χ2v) is 5.93. The zero-order chi connectivity index (χ0) is 13.7. The molecule has 104 valence electrons. The van der Waals surface area contributed by atoms with E-state index in [1.807, 2.05) is 0 Å². The van der Waals surface area contributed by atoms with E-state index in [-0.39, 0.29) is 18.0 Å². The third-order valence-corrected chi connectivity index (χ3v) is 4.19. The van der Waals surface area contributed by atoms with Gasteiger partial charge in [0.1, 0.15) is 11.6 Å². The third kappa shape index (κ3) is 4.61. The van der Waals surface area contributed by atoms with Gasteiger partial charge in [0.2, 0.25) is 0 Å². The monoisotopic (exact) mass is 282 g/mol. The van der Waals surface area contributed by atoms with Gasteiger partial charge in [-0.1, -0.05) is 43.7 Å². The highest BCUT2D eigenvalue weighted by Gasteiger charge is 2.15. The zero-order valence-electron chi connectivity index (χ0n) is 11.1. The summed E-state index contributed by atoms with van der Waals surface area (Å²) in [6, 6.07) is 4.38. The first-order valence-electron chi connectivity index (χ1n) is 7.11. The van der Waals surface area contributed by atoms with E-state index in [0.29, 0.717) is 22.9 Å². The molecule has 19 heavy (non-hydrogen) atoms. The van der Waals surface area contributed by atoms with Crippen molar-refractivity contribution in [2.75, 3.05) is 0 Å². The second kappa shape index (κ2) is 7.04. The lowest BCUT2D eigenvalue weighted by Gasteiger charge is -2.20. The van der Waals surface area contributed by atoms with Gasteiger partial charge in [-0.05, 0) is 36.1 Å². The highest BCUT2D eigenvalue weighted by Crippen LogP contribution is 2.27. The Labute approximate surface area is 119 Å². The molecule has 1 aliphatic carbocycles. The Bertz CT molecular complexity index is 438. The summed E-state index contributed by atoms with van der Waals surface area (Å²) in [5.74, 6) is 0.476. The summed E-state index contributed by atoms with van der Waals surface area (Å²) in [7, 11) is 0. The molecular formula is C16H20ClFO. The molecule has 0 aromatic heterocycles. The van der Waals surface area contributed by atoms with Crippen molar-refractivity contribution in [1.82, 2.24) is 0 Å². The van der Waals surface area contributed by atoms with Crippen molar-refractivity contribution in [2.24, 2.45) is 5.92 Å². The number of carbonyl (C=O) groups excluding carboxylic acids is 1. The molecule has 0 aliphatic heterocycles. The van der Waals surface area contributed by atoms with Gasteiger partial charge in [-0.25, -0.2) is 4.39 Å². The van der Waals surface area contributed by atoms with Crippen molar-refractivity contribution < 1.29 is 9.18 Å². The largest absolute Gasteiger partial charge is 0.299 e. The Morgan fingerprint density at radius 1 is 1.26 bits per heavy atom. The van der Waals surface area contributed by atoms with Gasteiger partial charge in [-0.15, -0.1) is 0 Å². The molecule has 1 nitrogen and oxygen atoms in total. The highest BCUT2D eigenvalue weighted by molar-refractivity contribution is 6.30. The molecule has 1 aromatic carbocycles. The van der Waals surface area contributed by atoms with Crippen LogP contribution in [0.2, 0.25) is 5.02 Å². The van der Waals surface area contributed by atoms with Crippen LogP contribution in [0.3, 0.4) is 0 Å². The van der Waals surface area contributed by atoms with Gasteiger partial charge < -0.3 is 0 Å². The Kier molecular flexibility index (Phi) is 5.38. The number of hydrogen-bond donors (Lipinski definition) is 0. The van der Waals surface area contributed by atoms with Gasteiger partial charge in [0.25, 0.3) is 0 Å². The smallest absolute Gasteiger partial charge is 0.137 e. The number of carbonyl (C=O) groups is 1. The van der Waals surface area contributed by atoms with Crippen LogP contribution >= 0.6 is 11.6 Å². The van der Waals surface area contributed by atoms with Crippen LogP contribution in [-0.4, -0.2) is 5.78 Å². The van der Waals surface area contributed by atoms with Crippen LogP contribution in [0.25, 0.3) is 0 Å². The normalized spacial score (nSPS) is 16.5. The number of hydrogen-bond acceptors (Lipinski definition) is 1. The molecule has 1 aliphatic rings. The minimum Gasteiger partial charge on any atom is -0.299 e. The Morgan fingerprint density at radius 3 is 2.74 bits per heavy atom. The van der Waals surface area contributed by atoms with E-state index in [9.17, 15) is 9.18 Å². The summed E-state index contributed by atoms with van der Waals surface area (Å²) >= 11 is 5.82. The molecule has 2 rings (SSSR count). The fourth-order valence-corrected chi connectivity index (χ4v) is 3.02. The SMILES string of the molecule is O=C(CCC1CCCCC1)Cc1cc(Cl)ccc1F. The molecule has 0 amide bonds. The van der Waals surface area contributed by atoms with Crippen LogP contribution in [0.1, 0.15) is 50.5 Å². The molecule has 0 saturated heterocycles. The van der Waals surface area contributed by atoms with Crippen molar-refractivity contribution in [3.8, 4) is 0 Å². The van der Waals surface area contributed by atoms with Gasteiger partial charge in [-0.3, -0.25) is 4.79 Å². The van der Waals surface area contributed by atoms with E-state index in [0.717, 1.165) is 6.42 Å². The maximum Gasteiger partial charge on any atom is 0.137 e. The summed E-state index contributed by atoms with van der Waals surface area (Å²) in [4.78, 5) is 11.9. The molecule has 0 unspecified atom stereocenters. The van der Waals surface area contributed by atoms with Crippen molar-refractivity contribution in [1.29, 1.82) is 0 Å². The standard InChI is InChI=1S/C16H20ClFO/c17-14-7-9-16(18)13(10-14)11-15(19)8-6-12-4-2-1-3-5-12/h7,9-10,12H,1-6,8,11H2. The van der Waals surface area contributed by atoms with Crippen LogP contribution in [0.5, 0.6) is 0 Å². The molecule has 3 heteroatoms. The molecule has 1 aromatic rings. The predicted octanol–water partition coefficient (Wildman–Crippen LogP) is 4.95. The van der Waals surface area contributed by atoms with Crippen LogP contribution in [-0.2, 0) is 11.2 Å². The summed E-state index contributed by atoms with van der Waals surface area (Å²) in [6.45, 7) is 0. The molecule has 0 atom stereocenters. The maximum atomic E-state index is 13.5. The number of ketones is 1. The van der Waals surface area contributed by atoms with Gasteiger partial charge in [0.15, 0.2) is 0 Å². The minimum atomic E-state index is -0.338. The first kappa shape index (κ1) is 14.5. The molecule has 0 bridgehead atoms. The number of benzene rings is 1. The number of rotatable bonds is 5. The first-order valence-corrected chi connectivity index (χ1v) is 7.48. The van der Waals surface area contributed by atoms with E-state index in [1.54, 1.807) is 6.07 Å². The van der Waals surface area contributed by atoms with E-state index >= 15 is 0 Å². The maximum absolute atomic E-state index is 13.5. The van der Waals surface area contributed by atoms with E-state index in [4.69, 9.17) is 11.6 Å². The molecule has 0 radical (unpaired) electrons. The summed E-state index contributed by atoms with van der Waals surface area (Å²) < 4.78 is 13.5. The van der Waals surface area contributed by atoms with Crippen LogP contribution < -0.4 is 0 Å². The predicted molar refractivity (Wildman–Crippen MR) is 75.9 cm³/mol. The summed E-state index contributed by atoms with van der Waals surface area (Å²) in [6.07, 6.45) is 8.11. The van der Waals surface area contributed by atoms with Gasteiger partial charge in [0.05, 0.1) is 0 Å². The molecular weight excluding hydrogens is 263 g/mol. The number of halogens is 2. The second-order valence-electron chi connectivity index (χ2n) is 5.49. The van der Waals surface area contributed by atoms with Crippen LogP contribution in [0.4, 0.5) is 4.39 Å². The molecule has 0 heterocycles. The molecule has 0 N–H and O–H groups in total. The van der Waals surface area contributed by atoms with Crippen LogP contribution in [0, 0.1) is 11.7 Å². The third-order valence-electron chi connectivity index (χ3n) is 3.95. The first-order chi connectivity index (χ1) is 9.15.